The van der Waals surface area contributed by atoms with Gasteiger partial charge in [0.05, 0.1) is 5.56 Å². The predicted molar refractivity (Wildman–Crippen MR) is 40.3 cm³/mol. The molecule has 0 amide bonds. The highest BCUT2D eigenvalue weighted by Crippen LogP contribution is 2.31. The van der Waals surface area contributed by atoms with Crippen molar-refractivity contribution in [2.24, 2.45) is 0 Å². The van der Waals surface area contributed by atoms with E-state index in [1.54, 1.807) is 0 Å². The van der Waals surface area contributed by atoms with E-state index in [9.17, 15) is 18.0 Å². The first kappa shape index (κ1) is 9.77. The molecule has 0 spiro atoms. The number of rotatable bonds is 1. The lowest BCUT2D eigenvalue weighted by molar-refractivity contribution is -0.138. The van der Waals surface area contributed by atoms with Gasteiger partial charge in [0.1, 0.15) is 0 Å². The summed E-state index contributed by atoms with van der Waals surface area (Å²) in [5.41, 5.74) is -1.34. The maximum Gasteiger partial charge on any atom is 0.417 e. The average molecular weight is 187 g/mol. The van der Waals surface area contributed by atoms with Crippen molar-refractivity contribution in [2.45, 2.75) is 13.1 Å². The Labute approximate surface area is 73.2 Å². The molecule has 0 aliphatic heterocycles. The van der Waals surface area contributed by atoms with E-state index in [-0.39, 0.29) is 5.56 Å². The molecule has 0 atom stereocenters. The van der Waals surface area contributed by atoms with Crippen molar-refractivity contribution in [2.75, 3.05) is 0 Å². The third-order valence-corrected chi connectivity index (χ3v) is 1.52. The molecule has 1 nitrogen and oxygen atoms in total. The molecule has 1 rings (SSSR count). The van der Waals surface area contributed by atoms with Crippen LogP contribution in [0.4, 0.5) is 13.2 Å². The second-order valence-electron chi connectivity index (χ2n) is 2.51. The Bertz CT molecular complexity index is 328. The molecular formula is C9H6F3O. The van der Waals surface area contributed by atoms with Crippen LogP contribution in [-0.4, -0.2) is 5.78 Å². The molecule has 0 aromatic heterocycles. The lowest BCUT2D eigenvalue weighted by Crippen LogP contribution is -2.11. The highest BCUT2D eigenvalue weighted by atomic mass is 19.4. The number of carbonyl (C=O) groups is 1. The quantitative estimate of drug-likeness (QED) is 0.618. The summed E-state index contributed by atoms with van der Waals surface area (Å²) < 4.78 is 36.7. The predicted octanol–water partition coefficient (Wildman–Crippen LogP) is 2.71. The van der Waals surface area contributed by atoms with Crippen LogP contribution in [0.25, 0.3) is 0 Å². The van der Waals surface area contributed by atoms with Crippen LogP contribution in [0.5, 0.6) is 0 Å². The zero-order valence-corrected chi connectivity index (χ0v) is 6.77. The van der Waals surface area contributed by atoms with Crippen LogP contribution in [0, 0.1) is 6.07 Å². The van der Waals surface area contributed by atoms with E-state index in [2.05, 4.69) is 0 Å². The lowest BCUT2D eigenvalue weighted by Gasteiger charge is -2.09. The number of benzene rings is 1. The summed E-state index contributed by atoms with van der Waals surface area (Å²) >= 11 is 0. The van der Waals surface area contributed by atoms with Crippen LogP contribution in [0.1, 0.15) is 22.8 Å². The van der Waals surface area contributed by atoms with E-state index in [0.29, 0.717) is 0 Å². The molecule has 0 saturated carbocycles. The normalized spacial score (nSPS) is 11.4. The molecule has 1 radical (unpaired) electrons. The third kappa shape index (κ3) is 2.08. The van der Waals surface area contributed by atoms with E-state index in [0.717, 1.165) is 19.1 Å². The van der Waals surface area contributed by atoms with Crippen molar-refractivity contribution < 1.29 is 18.0 Å². The SMILES string of the molecule is CC(=O)c1ccc[c]c1C(F)(F)F. The van der Waals surface area contributed by atoms with Crippen molar-refractivity contribution in [3.8, 4) is 0 Å². The molecular weight excluding hydrogens is 181 g/mol. The summed E-state index contributed by atoms with van der Waals surface area (Å²) in [7, 11) is 0. The number of Topliss-reactive ketones (excluding diaryl/α,β-unsaturated/α-hetero) is 1. The minimum absolute atomic E-state index is 0.338. The summed E-state index contributed by atoms with van der Waals surface area (Å²) in [6, 6.07) is 5.64. The molecule has 13 heavy (non-hydrogen) atoms. The van der Waals surface area contributed by atoms with E-state index in [4.69, 9.17) is 0 Å². The second-order valence-corrected chi connectivity index (χ2v) is 2.51. The van der Waals surface area contributed by atoms with Crippen LogP contribution in [0.2, 0.25) is 0 Å². The van der Waals surface area contributed by atoms with Crippen molar-refractivity contribution >= 4 is 5.78 Å². The Balaban J connectivity index is 3.28. The fraction of sp³-hybridized carbons (Fsp3) is 0.222. The van der Waals surface area contributed by atoms with Gasteiger partial charge in [-0.25, -0.2) is 0 Å². The molecule has 0 aliphatic rings. The summed E-state index contributed by atoms with van der Waals surface area (Å²) in [5, 5.41) is 0. The maximum atomic E-state index is 12.2. The third-order valence-electron chi connectivity index (χ3n) is 1.52. The van der Waals surface area contributed by atoms with E-state index in [1.807, 2.05) is 6.07 Å². The van der Waals surface area contributed by atoms with Gasteiger partial charge in [0.2, 0.25) is 0 Å². The smallest absolute Gasteiger partial charge is 0.294 e. The first-order chi connectivity index (χ1) is 5.93. The number of halogens is 3. The van der Waals surface area contributed by atoms with Crippen molar-refractivity contribution in [1.29, 1.82) is 0 Å². The van der Waals surface area contributed by atoms with Gasteiger partial charge in [-0.2, -0.15) is 13.2 Å². The van der Waals surface area contributed by atoms with Gasteiger partial charge in [-0.1, -0.05) is 18.2 Å². The lowest BCUT2D eigenvalue weighted by atomic mass is 10.0. The zero-order chi connectivity index (χ0) is 10.1. The van der Waals surface area contributed by atoms with Gasteiger partial charge >= 0.3 is 6.18 Å². The first-order valence-electron chi connectivity index (χ1n) is 3.52. The van der Waals surface area contributed by atoms with E-state index >= 15 is 0 Å². The van der Waals surface area contributed by atoms with Crippen LogP contribution < -0.4 is 0 Å². The van der Waals surface area contributed by atoms with Gasteiger partial charge < -0.3 is 0 Å². The summed E-state index contributed by atoms with van der Waals surface area (Å²) in [6.07, 6.45) is -4.51. The fourth-order valence-corrected chi connectivity index (χ4v) is 0.965. The molecule has 0 fully saturated rings. The largest absolute Gasteiger partial charge is 0.417 e. The molecule has 0 saturated heterocycles. The van der Waals surface area contributed by atoms with E-state index < -0.39 is 17.5 Å². The molecule has 0 bridgehead atoms. The number of hydrogen-bond acceptors (Lipinski definition) is 1. The van der Waals surface area contributed by atoms with Crippen LogP contribution >= 0.6 is 0 Å². The second kappa shape index (κ2) is 3.20. The van der Waals surface area contributed by atoms with Gasteiger partial charge in [-0.3, -0.25) is 4.79 Å². The van der Waals surface area contributed by atoms with Gasteiger partial charge in [-0.15, -0.1) is 0 Å². The summed E-state index contributed by atoms with van der Waals surface area (Å²) in [4.78, 5) is 10.8. The molecule has 1 aromatic carbocycles. The van der Waals surface area contributed by atoms with Gasteiger partial charge in [0.15, 0.2) is 5.78 Å². The first-order valence-corrected chi connectivity index (χ1v) is 3.52. The monoisotopic (exact) mass is 187 g/mol. The molecule has 0 N–H and O–H groups in total. The molecule has 0 aliphatic carbocycles. The Morgan fingerprint density at radius 2 is 2.08 bits per heavy atom. The minimum atomic E-state index is -4.51. The molecule has 1 aromatic rings. The number of hydrogen-bond donors (Lipinski definition) is 0. The topological polar surface area (TPSA) is 17.1 Å². The zero-order valence-electron chi connectivity index (χ0n) is 6.77. The molecule has 69 valence electrons. The fourth-order valence-electron chi connectivity index (χ4n) is 0.965. The molecule has 0 unspecified atom stereocenters. The Morgan fingerprint density at radius 1 is 1.46 bits per heavy atom. The van der Waals surface area contributed by atoms with Crippen LogP contribution in [-0.2, 0) is 6.18 Å². The number of ketones is 1. The van der Waals surface area contributed by atoms with Gasteiger partial charge in [0.25, 0.3) is 0 Å². The highest BCUT2D eigenvalue weighted by molar-refractivity contribution is 5.95. The molecule has 0 heterocycles. The number of alkyl halides is 3. The Kier molecular flexibility index (Phi) is 2.40. The number of carbonyl (C=O) groups excluding carboxylic acids is 1. The van der Waals surface area contributed by atoms with Crippen LogP contribution in [0.15, 0.2) is 18.2 Å². The summed E-state index contributed by atoms with van der Waals surface area (Å²) in [6.45, 7) is 1.10. The molecule has 4 heteroatoms. The van der Waals surface area contributed by atoms with E-state index in [1.165, 1.54) is 6.07 Å². The maximum absolute atomic E-state index is 12.2. The summed E-state index contributed by atoms with van der Waals surface area (Å²) in [5.74, 6) is -0.607. The van der Waals surface area contributed by atoms with Crippen molar-refractivity contribution in [1.82, 2.24) is 0 Å². The van der Waals surface area contributed by atoms with Crippen LogP contribution in [0.3, 0.4) is 0 Å². The highest BCUT2D eigenvalue weighted by Gasteiger charge is 2.34. The average Bonchev–Trinajstić information content (AvgIpc) is 2.03. The Morgan fingerprint density at radius 3 is 2.46 bits per heavy atom. The standard InChI is InChI=1S/C9H6F3O/c1-6(13)7-4-2-3-5-8(7)9(10,11)12/h2-4H,1H3. The van der Waals surface area contributed by atoms with Crippen molar-refractivity contribution in [3.63, 3.8) is 0 Å². The van der Waals surface area contributed by atoms with Crippen molar-refractivity contribution in [3.05, 3.63) is 35.4 Å². The minimum Gasteiger partial charge on any atom is -0.294 e. The van der Waals surface area contributed by atoms with Gasteiger partial charge in [-0.05, 0) is 13.0 Å². The van der Waals surface area contributed by atoms with Gasteiger partial charge in [0, 0.05) is 5.56 Å². The Hall–Kier alpha value is -1.32.